The molecule has 1 N–H and O–H groups in total. The minimum absolute atomic E-state index is 0.156. The number of methoxy groups -OCH3 is 1. The van der Waals surface area contributed by atoms with Gasteiger partial charge in [-0.15, -0.1) is 0 Å². The van der Waals surface area contributed by atoms with E-state index in [4.69, 9.17) is 14.0 Å². The van der Waals surface area contributed by atoms with Crippen LogP contribution in [0.25, 0.3) is 0 Å². The molecule has 0 fully saturated rings. The molecule has 2 atom stereocenters. The summed E-state index contributed by atoms with van der Waals surface area (Å²) in [6.45, 7) is 13.4. The third-order valence-corrected chi connectivity index (χ3v) is 5.81. The Morgan fingerprint density at radius 2 is 1.56 bits per heavy atom. The predicted octanol–water partition coefficient (Wildman–Crippen LogP) is 5.04. The molecule has 0 heterocycles. The highest BCUT2D eigenvalue weighted by atomic mass is 31.2. The van der Waals surface area contributed by atoms with Gasteiger partial charge in [-0.3, -0.25) is 9.36 Å². The molecule has 6 nitrogen and oxygen atoms in total. The zero-order chi connectivity index (χ0) is 20.8. The van der Waals surface area contributed by atoms with Crippen molar-refractivity contribution in [2.75, 3.05) is 13.5 Å². The highest BCUT2D eigenvalue weighted by Gasteiger charge is 2.32. The molecule has 0 aliphatic rings. The number of para-hydroxylation sites is 1. The number of nitrogens with one attached hydrogen (secondary N) is 1. The highest BCUT2D eigenvalue weighted by Crippen LogP contribution is 2.48. The number of esters is 1. The monoisotopic (exact) mass is 399 g/mol. The lowest BCUT2D eigenvalue weighted by Gasteiger charge is -2.27. The molecule has 1 aromatic rings. The molecule has 0 aromatic heterocycles. The molecule has 1 rings (SSSR count). The minimum Gasteiger partial charge on any atom is -0.462 e. The van der Waals surface area contributed by atoms with E-state index in [0.717, 1.165) is 11.1 Å². The van der Waals surface area contributed by atoms with E-state index in [0.29, 0.717) is 5.75 Å². The number of carbonyl (C=O) groups is 1. The Kier molecular flexibility index (Phi) is 9.00. The fraction of sp³-hybridized carbons (Fsp3) is 0.650. The summed E-state index contributed by atoms with van der Waals surface area (Å²) in [7, 11) is -2.05. The van der Waals surface area contributed by atoms with Gasteiger partial charge in [0, 0.05) is 7.11 Å². The standard InChI is InChI=1S/C20H34NO5P/c1-13(2)17-10-9-11-18(14(3)4)19(17)26-27(23,12-24-8)21-16(7)20(22)25-15(5)6/h9-11,13-16H,12H2,1-8H3,(H,21,23)/t16-,27?/m0/s1. The molecule has 1 unspecified atom stereocenters. The third-order valence-electron chi connectivity index (χ3n) is 3.95. The zero-order valence-corrected chi connectivity index (χ0v) is 18.6. The van der Waals surface area contributed by atoms with Gasteiger partial charge < -0.3 is 14.0 Å². The van der Waals surface area contributed by atoms with Gasteiger partial charge in [0.15, 0.2) is 0 Å². The van der Waals surface area contributed by atoms with Crippen molar-refractivity contribution in [1.82, 2.24) is 5.09 Å². The van der Waals surface area contributed by atoms with Gasteiger partial charge in [-0.1, -0.05) is 45.9 Å². The van der Waals surface area contributed by atoms with Crippen molar-refractivity contribution in [3.05, 3.63) is 29.3 Å². The third kappa shape index (κ3) is 6.95. The van der Waals surface area contributed by atoms with Gasteiger partial charge in [0.2, 0.25) is 0 Å². The van der Waals surface area contributed by atoms with Gasteiger partial charge >= 0.3 is 13.5 Å². The second-order valence-corrected chi connectivity index (χ2v) is 9.64. The molecule has 0 saturated carbocycles. The SMILES string of the molecule is COCP(=O)(N[C@@H](C)C(=O)OC(C)C)Oc1c(C(C)C)cccc1C(C)C. The first-order valence-electron chi connectivity index (χ1n) is 9.39. The van der Waals surface area contributed by atoms with Crippen LogP contribution in [0.4, 0.5) is 0 Å². The van der Waals surface area contributed by atoms with Crippen molar-refractivity contribution >= 4 is 13.5 Å². The highest BCUT2D eigenvalue weighted by molar-refractivity contribution is 7.57. The van der Waals surface area contributed by atoms with Crippen molar-refractivity contribution in [1.29, 1.82) is 0 Å². The number of benzene rings is 1. The van der Waals surface area contributed by atoms with Crippen molar-refractivity contribution in [2.24, 2.45) is 0 Å². The number of hydrogen-bond donors (Lipinski definition) is 1. The van der Waals surface area contributed by atoms with Gasteiger partial charge in [0.1, 0.15) is 18.1 Å². The summed E-state index contributed by atoms with van der Waals surface area (Å²) in [5.74, 6) is 0.502. The molecule has 0 aliphatic carbocycles. The van der Waals surface area contributed by atoms with Crippen molar-refractivity contribution in [3.63, 3.8) is 0 Å². The Bertz CT molecular complexity index is 646. The molecule has 0 spiro atoms. The van der Waals surface area contributed by atoms with Crippen LogP contribution in [0.3, 0.4) is 0 Å². The maximum atomic E-state index is 13.5. The maximum absolute atomic E-state index is 13.5. The molecule has 0 aliphatic heterocycles. The fourth-order valence-electron chi connectivity index (χ4n) is 2.68. The molecule has 0 amide bonds. The first-order valence-corrected chi connectivity index (χ1v) is 11.2. The van der Waals surface area contributed by atoms with E-state index >= 15 is 0 Å². The van der Waals surface area contributed by atoms with Crippen molar-refractivity contribution in [2.45, 2.75) is 72.4 Å². The molecule has 1 aromatic carbocycles. The van der Waals surface area contributed by atoms with Crippen LogP contribution in [-0.4, -0.2) is 31.6 Å². The van der Waals surface area contributed by atoms with Crippen LogP contribution < -0.4 is 9.61 Å². The number of hydrogen-bond acceptors (Lipinski definition) is 5. The first-order chi connectivity index (χ1) is 12.5. The molecule has 0 saturated heterocycles. The number of carbonyl (C=O) groups excluding carboxylic acids is 1. The Hall–Kier alpha value is -1.36. The Balaban J connectivity index is 3.22. The van der Waals surface area contributed by atoms with Crippen LogP contribution in [0.2, 0.25) is 0 Å². The summed E-state index contributed by atoms with van der Waals surface area (Å²) in [5.41, 5.74) is 1.94. The Labute approximate surface area is 163 Å². The summed E-state index contributed by atoms with van der Waals surface area (Å²) in [5, 5.41) is 2.81. The molecular weight excluding hydrogens is 365 g/mol. The topological polar surface area (TPSA) is 73.9 Å². The fourth-order valence-corrected chi connectivity index (χ4v) is 4.40. The lowest BCUT2D eigenvalue weighted by atomic mass is 9.94. The molecule has 0 bridgehead atoms. The number of rotatable bonds is 10. The number of ether oxygens (including phenoxy) is 2. The van der Waals surface area contributed by atoms with Crippen LogP contribution in [0.1, 0.15) is 71.4 Å². The summed E-state index contributed by atoms with van der Waals surface area (Å²) >= 11 is 0. The van der Waals surface area contributed by atoms with E-state index in [2.05, 4.69) is 32.8 Å². The molecule has 154 valence electrons. The van der Waals surface area contributed by atoms with E-state index in [1.807, 2.05) is 18.2 Å². The van der Waals surface area contributed by atoms with Crippen molar-refractivity contribution in [3.8, 4) is 5.75 Å². The van der Waals surface area contributed by atoms with Gasteiger partial charge in [-0.2, -0.15) is 0 Å². The predicted molar refractivity (Wildman–Crippen MR) is 109 cm³/mol. The van der Waals surface area contributed by atoms with E-state index in [9.17, 15) is 9.36 Å². The van der Waals surface area contributed by atoms with E-state index in [1.54, 1.807) is 20.8 Å². The lowest BCUT2D eigenvalue weighted by molar-refractivity contribution is -0.149. The summed E-state index contributed by atoms with van der Waals surface area (Å²) in [6.07, 6.45) is -0.408. The Morgan fingerprint density at radius 1 is 1.04 bits per heavy atom. The smallest absolute Gasteiger partial charge is 0.342 e. The van der Waals surface area contributed by atoms with E-state index in [1.165, 1.54) is 7.11 Å². The average Bonchev–Trinajstić information content (AvgIpc) is 2.53. The normalized spacial score (nSPS) is 15.1. The van der Waals surface area contributed by atoms with E-state index in [-0.39, 0.29) is 24.3 Å². The van der Waals surface area contributed by atoms with Crippen molar-refractivity contribution < 1.29 is 23.4 Å². The van der Waals surface area contributed by atoms with Gasteiger partial charge in [0.25, 0.3) is 0 Å². The summed E-state index contributed by atoms with van der Waals surface area (Å²) in [4.78, 5) is 12.1. The second-order valence-electron chi connectivity index (χ2n) is 7.59. The minimum atomic E-state index is -3.50. The maximum Gasteiger partial charge on any atom is 0.342 e. The molecular formula is C20H34NO5P. The lowest BCUT2D eigenvalue weighted by Crippen LogP contribution is -2.36. The molecule has 7 heteroatoms. The largest absolute Gasteiger partial charge is 0.462 e. The van der Waals surface area contributed by atoms with Crippen LogP contribution in [0, 0.1) is 0 Å². The quantitative estimate of drug-likeness (QED) is 0.439. The average molecular weight is 399 g/mol. The molecule has 27 heavy (non-hydrogen) atoms. The first kappa shape index (κ1) is 23.7. The summed E-state index contributed by atoms with van der Waals surface area (Å²) in [6, 6.07) is 5.13. The van der Waals surface area contributed by atoms with Gasteiger partial charge in [-0.05, 0) is 43.7 Å². The summed E-state index contributed by atoms with van der Waals surface area (Å²) < 4.78 is 29.9. The second kappa shape index (κ2) is 10.3. The van der Waals surface area contributed by atoms with Crippen LogP contribution in [-0.2, 0) is 18.8 Å². The van der Waals surface area contributed by atoms with Crippen LogP contribution in [0.5, 0.6) is 5.75 Å². The molecule has 0 radical (unpaired) electrons. The van der Waals surface area contributed by atoms with Gasteiger partial charge in [-0.25, -0.2) is 5.09 Å². The zero-order valence-electron chi connectivity index (χ0n) is 17.7. The van der Waals surface area contributed by atoms with Gasteiger partial charge in [0.05, 0.1) is 6.10 Å². The van der Waals surface area contributed by atoms with E-state index < -0.39 is 19.5 Å². The van der Waals surface area contributed by atoms with Crippen LogP contribution in [0.15, 0.2) is 18.2 Å². The Morgan fingerprint density at radius 3 is 1.96 bits per heavy atom. The van der Waals surface area contributed by atoms with Crippen LogP contribution >= 0.6 is 7.52 Å².